The predicted molar refractivity (Wildman–Crippen MR) is 96.7 cm³/mol. The van der Waals surface area contributed by atoms with Crippen molar-refractivity contribution in [2.75, 3.05) is 26.2 Å². The number of nitrogens with zero attached hydrogens (tertiary/aromatic N) is 2. The zero-order chi connectivity index (χ0) is 18.0. The van der Waals surface area contributed by atoms with Crippen LogP contribution in [0.4, 0.5) is 0 Å². The Hall–Kier alpha value is -1.15. The van der Waals surface area contributed by atoms with E-state index in [0.29, 0.717) is 19.5 Å². The van der Waals surface area contributed by atoms with Gasteiger partial charge in [-0.2, -0.15) is 4.31 Å². The van der Waals surface area contributed by atoms with E-state index in [1.165, 1.54) is 10.4 Å². The summed E-state index contributed by atoms with van der Waals surface area (Å²) in [6.45, 7) is 1.39. The Morgan fingerprint density at radius 2 is 1.84 bits per heavy atom. The maximum atomic E-state index is 12.7. The summed E-state index contributed by atoms with van der Waals surface area (Å²) < 4.78 is 26.9. The first-order valence-corrected chi connectivity index (χ1v) is 10.5. The molecule has 3 rings (SSSR count). The lowest BCUT2D eigenvalue weighted by Gasteiger charge is -2.34. The third-order valence-electron chi connectivity index (χ3n) is 5.20. The van der Waals surface area contributed by atoms with Crippen LogP contribution in [0.5, 0.6) is 0 Å². The number of benzene rings is 1. The smallest absolute Gasteiger partial charge is 0.244 e. The van der Waals surface area contributed by atoms with E-state index in [0.717, 1.165) is 19.3 Å². The second-order valence-corrected chi connectivity index (χ2v) is 9.09. The molecule has 2 atom stereocenters. The fraction of sp³-hybridized carbons (Fsp3) is 0.588. The number of carbonyl (C=O) groups is 1. The van der Waals surface area contributed by atoms with E-state index in [1.54, 1.807) is 23.1 Å². The van der Waals surface area contributed by atoms with Crippen LogP contribution in [0.1, 0.15) is 25.7 Å². The van der Waals surface area contributed by atoms with Crippen LogP contribution >= 0.6 is 11.6 Å². The summed E-state index contributed by atoms with van der Waals surface area (Å²) in [5, 5.41) is 0.219. The maximum Gasteiger partial charge on any atom is 0.244 e. The summed E-state index contributed by atoms with van der Waals surface area (Å²) in [7, 11) is -3.63. The van der Waals surface area contributed by atoms with Crippen molar-refractivity contribution in [1.82, 2.24) is 9.21 Å². The van der Waals surface area contributed by atoms with Gasteiger partial charge in [0.1, 0.15) is 4.90 Å². The van der Waals surface area contributed by atoms with Crippen LogP contribution < -0.4 is 5.73 Å². The van der Waals surface area contributed by atoms with Gasteiger partial charge < -0.3 is 10.6 Å². The van der Waals surface area contributed by atoms with Gasteiger partial charge in [0.15, 0.2) is 0 Å². The summed E-state index contributed by atoms with van der Waals surface area (Å²) >= 11 is 6.03. The number of hydrogen-bond donors (Lipinski definition) is 1. The minimum atomic E-state index is -3.63. The predicted octanol–water partition coefficient (Wildman–Crippen LogP) is 1.69. The summed E-state index contributed by atoms with van der Waals surface area (Å²) in [6, 6.07) is 6.55. The fourth-order valence-electron chi connectivity index (χ4n) is 3.64. The lowest BCUT2D eigenvalue weighted by Crippen LogP contribution is -2.51. The highest BCUT2D eigenvalue weighted by atomic mass is 35.5. The quantitative estimate of drug-likeness (QED) is 0.854. The largest absolute Gasteiger partial charge is 0.340 e. The van der Waals surface area contributed by atoms with Gasteiger partial charge in [0, 0.05) is 38.6 Å². The number of sulfonamides is 1. The Kier molecular flexibility index (Phi) is 5.68. The van der Waals surface area contributed by atoms with Crippen molar-refractivity contribution in [3.05, 3.63) is 29.3 Å². The van der Waals surface area contributed by atoms with Gasteiger partial charge >= 0.3 is 0 Å². The third kappa shape index (κ3) is 4.00. The number of nitrogens with two attached hydrogens (primary N) is 1. The molecule has 0 bridgehead atoms. The Labute approximate surface area is 154 Å². The molecule has 25 heavy (non-hydrogen) atoms. The zero-order valence-corrected chi connectivity index (χ0v) is 15.7. The van der Waals surface area contributed by atoms with Crippen LogP contribution in [0.3, 0.4) is 0 Å². The normalized spacial score (nSPS) is 25.3. The summed E-state index contributed by atoms with van der Waals surface area (Å²) in [5.74, 6) is 0.342. The highest BCUT2D eigenvalue weighted by Crippen LogP contribution is 2.28. The average Bonchev–Trinajstić information content (AvgIpc) is 3.00. The topological polar surface area (TPSA) is 83.7 Å². The molecular formula is C17H24ClN3O3S. The van der Waals surface area contributed by atoms with Gasteiger partial charge in [-0.15, -0.1) is 0 Å². The van der Waals surface area contributed by atoms with Crippen molar-refractivity contribution in [2.24, 2.45) is 11.7 Å². The molecule has 1 saturated carbocycles. The first-order valence-electron chi connectivity index (χ1n) is 8.67. The number of hydrogen-bond acceptors (Lipinski definition) is 4. The first kappa shape index (κ1) is 18.6. The summed E-state index contributed by atoms with van der Waals surface area (Å²) in [4.78, 5) is 14.3. The highest BCUT2D eigenvalue weighted by Gasteiger charge is 2.33. The van der Waals surface area contributed by atoms with Gasteiger partial charge in [-0.05, 0) is 30.9 Å². The molecule has 1 heterocycles. The molecule has 1 aromatic carbocycles. The minimum Gasteiger partial charge on any atom is -0.340 e. The van der Waals surface area contributed by atoms with E-state index < -0.39 is 10.0 Å². The molecule has 0 aromatic heterocycles. The standard InChI is InChI=1S/C17H24ClN3O3S/c18-14-5-1-2-7-16(14)25(23,24)21-10-8-20(9-11-21)17(22)12-13-4-3-6-15(13)19/h1-2,5,7,13,15H,3-4,6,8-12,19H2/t13-,15+/m0/s1. The van der Waals surface area contributed by atoms with Crippen LogP contribution in [0, 0.1) is 5.92 Å². The van der Waals surface area contributed by atoms with Crippen LogP contribution in [0.15, 0.2) is 29.2 Å². The van der Waals surface area contributed by atoms with E-state index in [4.69, 9.17) is 17.3 Å². The second kappa shape index (κ2) is 7.61. The fourth-order valence-corrected chi connectivity index (χ4v) is 5.56. The molecule has 1 amide bonds. The monoisotopic (exact) mass is 385 g/mol. The van der Waals surface area contributed by atoms with E-state index in [2.05, 4.69) is 0 Å². The van der Waals surface area contributed by atoms with Crippen LogP contribution in [-0.2, 0) is 14.8 Å². The van der Waals surface area contributed by atoms with E-state index >= 15 is 0 Å². The van der Waals surface area contributed by atoms with Gasteiger partial charge in [-0.1, -0.05) is 30.2 Å². The van der Waals surface area contributed by atoms with Crippen molar-refractivity contribution in [3.63, 3.8) is 0 Å². The van der Waals surface area contributed by atoms with Gasteiger partial charge in [0.2, 0.25) is 15.9 Å². The minimum absolute atomic E-state index is 0.0807. The van der Waals surface area contributed by atoms with E-state index in [1.807, 2.05) is 0 Å². The molecule has 0 unspecified atom stereocenters. The van der Waals surface area contributed by atoms with Gasteiger partial charge in [-0.3, -0.25) is 4.79 Å². The van der Waals surface area contributed by atoms with Gasteiger partial charge in [-0.25, -0.2) is 8.42 Å². The first-order chi connectivity index (χ1) is 11.9. The Morgan fingerprint density at radius 3 is 2.44 bits per heavy atom. The molecule has 0 radical (unpaired) electrons. The van der Waals surface area contributed by atoms with Crippen molar-refractivity contribution < 1.29 is 13.2 Å². The Balaban J connectivity index is 1.60. The molecule has 2 fully saturated rings. The van der Waals surface area contributed by atoms with Crippen molar-refractivity contribution in [3.8, 4) is 0 Å². The molecule has 138 valence electrons. The molecule has 1 aromatic rings. The highest BCUT2D eigenvalue weighted by molar-refractivity contribution is 7.89. The second-order valence-electron chi connectivity index (χ2n) is 6.77. The zero-order valence-electron chi connectivity index (χ0n) is 14.1. The number of amides is 1. The van der Waals surface area contributed by atoms with Gasteiger partial charge in [0.25, 0.3) is 0 Å². The van der Waals surface area contributed by atoms with Crippen LogP contribution in [0.2, 0.25) is 5.02 Å². The summed E-state index contributed by atoms with van der Waals surface area (Å²) in [6.07, 6.45) is 3.55. The number of carbonyl (C=O) groups excluding carboxylic acids is 1. The van der Waals surface area contributed by atoms with Gasteiger partial charge in [0.05, 0.1) is 5.02 Å². The molecule has 0 spiro atoms. The molecule has 2 aliphatic rings. The van der Waals surface area contributed by atoms with Crippen LogP contribution in [0.25, 0.3) is 0 Å². The SMILES string of the molecule is N[C@@H]1CCC[C@H]1CC(=O)N1CCN(S(=O)(=O)c2ccccc2Cl)CC1. The van der Waals surface area contributed by atoms with Crippen molar-refractivity contribution in [1.29, 1.82) is 0 Å². The Bertz CT molecular complexity index is 732. The molecule has 1 aliphatic carbocycles. The molecule has 1 saturated heterocycles. The summed E-state index contributed by atoms with van der Waals surface area (Å²) in [5.41, 5.74) is 6.04. The Morgan fingerprint density at radius 1 is 1.16 bits per heavy atom. The third-order valence-corrected chi connectivity index (χ3v) is 7.60. The molecule has 2 N–H and O–H groups in total. The molecule has 1 aliphatic heterocycles. The number of piperazine rings is 1. The van der Waals surface area contributed by atoms with Crippen molar-refractivity contribution >= 4 is 27.5 Å². The molecular weight excluding hydrogens is 362 g/mol. The molecule has 8 heteroatoms. The van der Waals surface area contributed by atoms with Crippen molar-refractivity contribution in [2.45, 2.75) is 36.6 Å². The average molecular weight is 386 g/mol. The lowest BCUT2D eigenvalue weighted by atomic mass is 9.99. The molecule has 6 nitrogen and oxygen atoms in total. The number of rotatable bonds is 4. The van der Waals surface area contributed by atoms with Crippen LogP contribution in [-0.4, -0.2) is 55.8 Å². The van der Waals surface area contributed by atoms with E-state index in [-0.39, 0.29) is 40.9 Å². The lowest BCUT2D eigenvalue weighted by molar-refractivity contribution is -0.133. The number of halogens is 1. The maximum absolute atomic E-state index is 12.7. The van der Waals surface area contributed by atoms with E-state index in [9.17, 15) is 13.2 Å².